The van der Waals surface area contributed by atoms with Crippen LogP contribution in [0.1, 0.15) is 6.92 Å². The Hall–Kier alpha value is -1.39. The number of hydrogen-bond acceptors (Lipinski definition) is 3. The van der Waals surface area contributed by atoms with Crippen LogP contribution < -0.4 is 9.80 Å². The van der Waals surface area contributed by atoms with Crippen molar-refractivity contribution < 1.29 is 14.6 Å². The SMILES string of the molecule is CC(=O)Oc1ccc([NH+](C)[O-])cc1. The van der Waals surface area contributed by atoms with E-state index in [-0.39, 0.29) is 11.0 Å². The summed E-state index contributed by atoms with van der Waals surface area (Å²) in [6.45, 7) is 1.33. The summed E-state index contributed by atoms with van der Waals surface area (Å²) in [4.78, 5) is 10.5. The largest absolute Gasteiger partial charge is 0.629 e. The van der Waals surface area contributed by atoms with E-state index in [0.717, 1.165) is 0 Å². The number of quaternary nitrogens is 1. The lowest BCUT2D eigenvalue weighted by molar-refractivity contribution is -0.751. The highest BCUT2D eigenvalue weighted by Gasteiger charge is 1.99. The molecule has 0 aliphatic rings. The summed E-state index contributed by atoms with van der Waals surface area (Å²) in [5, 5.41) is 10.9. The van der Waals surface area contributed by atoms with Gasteiger partial charge in [0.2, 0.25) is 0 Å². The topological polar surface area (TPSA) is 53.8 Å². The van der Waals surface area contributed by atoms with E-state index < -0.39 is 0 Å². The highest BCUT2D eigenvalue weighted by molar-refractivity contribution is 5.69. The summed E-state index contributed by atoms with van der Waals surface area (Å²) < 4.78 is 4.80. The molecule has 13 heavy (non-hydrogen) atoms. The molecule has 0 aliphatic heterocycles. The minimum atomic E-state index is -0.365. The number of nitrogens with one attached hydrogen (secondary N) is 1. The van der Waals surface area contributed by atoms with Crippen molar-refractivity contribution in [2.45, 2.75) is 6.92 Å². The molecule has 1 aromatic carbocycles. The Balaban J connectivity index is 2.75. The van der Waals surface area contributed by atoms with E-state index in [1.165, 1.54) is 14.0 Å². The van der Waals surface area contributed by atoms with Gasteiger partial charge in [0.05, 0.1) is 7.05 Å². The molecular weight excluding hydrogens is 170 g/mol. The van der Waals surface area contributed by atoms with Crippen LogP contribution in [0.5, 0.6) is 5.75 Å². The Labute approximate surface area is 76.3 Å². The maximum Gasteiger partial charge on any atom is 0.308 e. The number of rotatable bonds is 2. The summed E-state index contributed by atoms with van der Waals surface area (Å²) in [6.07, 6.45) is 0. The van der Waals surface area contributed by atoms with Crippen molar-refractivity contribution in [3.8, 4) is 5.75 Å². The number of esters is 1. The lowest BCUT2D eigenvalue weighted by Gasteiger charge is -2.15. The zero-order chi connectivity index (χ0) is 9.84. The smallest absolute Gasteiger partial charge is 0.308 e. The van der Waals surface area contributed by atoms with Crippen LogP contribution >= 0.6 is 0 Å². The highest BCUT2D eigenvalue weighted by atomic mass is 16.5. The summed E-state index contributed by atoms with van der Waals surface area (Å²) in [6, 6.07) is 6.44. The van der Waals surface area contributed by atoms with Gasteiger partial charge in [0, 0.05) is 19.1 Å². The van der Waals surface area contributed by atoms with Gasteiger partial charge in [-0.05, 0) is 12.1 Å². The van der Waals surface area contributed by atoms with E-state index >= 15 is 0 Å². The van der Waals surface area contributed by atoms with E-state index in [9.17, 15) is 10.0 Å². The monoisotopic (exact) mass is 181 g/mol. The average Bonchev–Trinajstić information content (AvgIpc) is 2.04. The summed E-state index contributed by atoms with van der Waals surface area (Å²) in [5.41, 5.74) is 0.607. The van der Waals surface area contributed by atoms with E-state index in [4.69, 9.17) is 4.74 Å². The first-order valence-electron chi connectivity index (χ1n) is 3.89. The summed E-state index contributed by atoms with van der Waals surface area (Å²) in [7, 11) is 1.49. The van der Waals surface area contributed by atoms with Crippen LogP contribution in [0.25, 0.3) is 0 Å². The molecule has 4 heteroatoms. The number of ether oxygens (including phenoxy) is 1. The quantitative estimate of drug-likeness (QED) is 0.404. The number of carbonyl (C=O) groups excluding carboxylic acids is 1. The van der Waals surface area contributed by atoms with E-state index in [1.54, 1.807) is 24.3 Å². The standard InChI is InChI=1S/C9H11NO3/c1-7(11)13-9-5-3-8(4-6-9)10(2)12/h3-6,10H,1-2H3. The summed E-state index contributed by atoms with van der Waals surface area (Å²) in [5.74, 6) is 0.0908. The van der Waals surface area contributed by atoms with Crippen molar-refractivity contribution in [3.05, 3.63) is 29.5 Å². The van der Waals surface area contributed by atoms with Gasteiger partial charge in [-0.3, -0.25) is 4.79 Å². The molecule has 0 fully saturated rings. The lowest BCUT2D eigenvalue weighted by atomic mass is 10.3. The molecule has 0 aliphatic carbocycles. The Morgan fingerprint density at radius 2 is 1.92 bits per heavy atom. The maximum atomic E-state index is 10.9. The molecule has 1 aromatic rings. The fourth-order valence-electron chi connectivity index (χ4n) is 0.924. The van der Waals surface area contributed by atoms with Crippen molar-refractivity contribution in [2.75, 3.05) is 7.05 Å². The van der Waals surface area contributed by atoms with Gasteiger partial charge < -0.3 is 15.0 Å². The average molecular weight is 181 g/mol. The van der Waals surface area contributed by atoms with Crippen LogP contribution in [0.2, 0.25) is 0 Å². The first-order chi connectivity index (χ1) is 6.09. The van der Waals surface area contributed by atoms with Crippen LogP contribution in [-0.4, -0.2) is 13.0 Å². The van der Waals surface area contributed by atoms with Crippen LogP contribution in [0.15, 0.2) is 24.3 Å². The van der Waals surface area contributed by atoms with Crippen molar-refractivity contribution in [1.82, 2.24) is 0 Å². The van der Waals surface area contributed by atoms with Gasteiger partial charge in [0.1, 0.15) is 11.4 Å². The first-order valence-corrected chi connectivity index (χ1v) is 3.89. The van der Waals surface area contributed by atoms with Gasteiger partial charge in [-0.25, -0.2) is 0 Å². The fourth-order valence-corrected chi connectivity index (χ4v) is 0.924. The second-order valence-corrected chi connectivity index (χ2v) is 2.67. The van der Waals surface area contributed by atoms with Crippen molar-refractivity contribution in [2.24, 2.45) is 0 Å². The molecule has 0 spiro atoms. The van der Waals surface area contributed by atoms with Crippen LogP contribution in [-0.2, 0) is 4.79 Å². The third-order valence-electron chi connectivity index (χ3n) is 1.52. The van der Waals surface area contributed by atoms with Gasteiger partial charge in [-0.15, -0.1) is 0 Å². The Bertz CT molecular complexity index is 292. The minimum absolute atomic E-state index is 0.00521. The van der Waals surface area contributed by atoms with Gasteiger partial charge in [-0.2, -0.15) is 0 Å². The van der Waals surface area contributed by atoms with Crippen molar-refractivity contribution in [3.63, 3.8) is 0 Å². The summed E-state index contributed by atoms with van der Waals surface area (Å²) >= 11 is 0. The molecule has 0 saturated heterocycles. The lowest BCUT2D eigenvalue weighted by Crippen LogP contribution is -2.98. The normalized spacial score (nSPS) is 12.2. The number of benzene rings is 1. The Kier molecular flexibility index (Phi) is 3.00. The molecule has 1 atom stereocenters. The van der Waals surface area contributed by atoms with Crippen molar-refractivity contribution in [1.29, 1.82) is 0 Å². The molecule has 0 aromatic heterocycles. The van der Waals surface area contributed by atoms with Gasteiger partial charge in [-0.1, -0.05) is 0 Å². The molecular formula is C9H11NO3. The van der Waals surface area contributed by atoms with E-state index in [0.29, 0.717) is 11.4 Å². The van der Waals surface area contributed by atoms with Gasteiger partial charge >= 0.3 is 5.97 Å². The molecule has 4 nitrogen and oxygen atoms in total. The third kappa shape index (κ3) is 2.85. The second-order valence-electron chi connectivity index (χ2n) is 2.67. The molecule has 0 bridgehead atoms. The highest BCUT2D eigenvalue weighted by Crippen LogP contribution is 2.12. The van der Waals surface area contributed by atoms with E-state index in [2.05, 4.69) is 0 Å². The maximum absolute atomic E-state index is 10.9. The third-order valence-corrected chi connectivity index (χ3v) is 1.52. The number of carbonyl (C=O) groups is 1. The molecule has 0 radical (unpaired) electrons. The first kappa shape index (κ1) is 9.70. The van der Waals surface area contributed by atoms with Gasteiger partial charge in [0.25, 0.3) is 0 Å². The zero-order valence-corrected chi connectivity index (χ0v) is 7.53. The minimum Gasteiger partial charge on any atom is -0.629 e. The molecule has 1 rings (SSSR count). The zero-order valence-electron chi connectivity index (χ0n) is 7.53. The molecule has 0 saturated carbocycles. The van der Waals surface area contributed by atoms with Crippen LogP contribution in [0.3, 0.4) is 0 Å². The predicted molar refractivity (Wildman–Crippen MR) is 47.7 cm³/mol. The Morgan fingerprint density at radius 3 is 2.31 bits per heavy atom. The van der Waals surface area contributed by atoms with Crippen LogP contribution in [0.4, 0.5) is 5.69 Å². The molecule has 70 valence electrons. The van der Waals surface area contributed by atoms with Gasteiger partial charge in [0.15, 0.2) is 0 Å². The Morgan fingerprint density at radius 1 is 1.38 bits per heavy atom. The van der Waals surface area contributed by atoms with Crippen molar-refractivity contribution >= 4 is 11.7 Å². The second kappa shape index (κ2) is 4.02. The van der Waals surface area contributed by atoms with Crippen LogP contribution in [0, 0.1) is 5.21 Å². The van der Waals surface area contributed by atoms with E-state index in [1.807, 2.05) is 0 Å². The molecule has 1 unspecified atom stereocenters. The molecule has 0 heterocycles. The predicted octanol–water partition coefficient (Wildman–Crippen LogP) is 0.256. The molecule has 0 amide bonds. The number of hydroxylamine groups is 1. The fraction of sp³-hybridized carbons (Fsp3) is 0.222. The molecule has 1 N–H and O–H groups in total. The number of hydrogen-bond donors (Lipinski definition) is 1.